The van der Waals surface area contributed by atoms with Gasteiger partial charge in [0.05, 0.1) is 28.9 Å². The van der Waals surface area contributed by atoms with Crippen molar-refractivity contribution in [2.24, 2.45) is 0 Å². The molecular formula is C12H16BrN3O2. The van der Waals surface area contributed by atoms with E-state index in [0.717, 1.165) is 25.9 Å². The van der Waals surface area contributed by atoms with Crippen LogP contribution in [0.3, 0.4) is 0 Å². The average molecular weight is 314 g/mol. The first-order valence-corrected chi connectivity index (χ1v) is 6.77. The molecule has 3 N–H and O–H groups in total. The van der Waals surface area contributed by atoms with Crippen LogP contribution in [0.25, 0.3) is 0 Å². The summed E-state index contributed by atoms with van der Waals surface area (Å²) >= 11 is 3.31. The zero-order valence-electron chi connectivity index (χ0n) is 9.99. The molecule has 1 aliphatic rings. The first-order valence-electron chi connectivity index (χ1n) is 5.97. The third kappa shape index (κ3) is 3.68. The van der Waals surface area contributed by atoms with Crippen LogP contribution in [0.5, 0.6) is 0 Å². The molecule has 98 valence electrons. The van der Waals surface area contributed by atoms with E-state index in [2.05, 4.69) is 26.2 Å². The molecule has 1 aromatic rings. The lowest BCUT2D eigenvalue weighted by Crippen LogP contribution is -2.25. The van der Waals surface area contributed by atoms with Gasteiger partial charge in [0.2, 0.25) is 5.91 Å². The lowest BCUT2D eigenvalue weighted by atomic mass is 10.1. The highest BCUT2D eigenvalue weighted by Gasteiger charge is 2.18. The van der Waals surface area contributed by atoms with E-state index in [1.807, 2.05) is 0 Å². The number of amides is 1. The molecule has 1 aromatic heterocycles. The molecule has 1 atom stereocenters. The largest absolute Gasteiger partial charge is 0.397 e. The number of carbonyl (C=O) groups is 1. The van der Waals surface area contributed by atoms with Crippen molar-refractivity contribution < 1.29 is 9.53 Å². The highest BCUT2D eigenvalue weighted by atomic mass is 79.9. The van der Waals surface area contributed by atoms with Gasteiger partial charge in [0.15, 0.2) is 0 Å². The molecule has 0 spiro atoms. The fourth-order valence-electron chi connectivity index (χ4n) is 1.90. The normalized spacial score (nSPS) is 19.5. The Morgan fingerprint density at radius 1 is 1.61 bits per heavy atom. The molecule has 0 aromatic carbocycles. The Morgan fingerprint density at radius 2 is 2.44 bits per heavy atom. The predicted molar refractivity (Wildman–Crippen MR) is 73.2 cm³/mol. The summed E-state index contributed by atoms with van der Waals surface area (Å²) in [6.45, 7) is 0.752. The average Bonchev–Trinajstić information content (AvgIpc) is 2.34. The van der Waals surface area contributed by atoms with Gasteiger partial charge in [-0.2, -0.15) is 0 Å². The van der Waals surface area contributed by atoms with Gasteiger partial charge in [-0.25, -0.2) is 4.98 Å². The molecule has 1 fully saturated rings. The van der Waals surface area contributed by atoms with Crippen LogP contribution >= 0.6 is 15.9 Å². The molecule has 5 nitrogen and oxygen atoms in total. The number of carbonyl (C=O) groups excluding carboxylic acids is 1. The first kappa shape index (κ1) is 13.3. The predicted octanol–water partition coefficient (Wildman–Crippen LogP) is 2.32. The van der Waals surface area contributed by atoms with Crippen molar-refractivity contribution in [2.45, 2.75) is 31.8 Å². The Balaban J connectivity index is 1.90. The summed E-state index contributed by atoms with van der Waals surface area (Å²) in [5.41, 5.74) is 6.13. The van der Waals surface area contributed by atoms with E-state index in [1.165, 1.54) is 6.20 Å². The van der Waals surface area contributed by atoms with Gasteiger partial charge in [0, 0.05) is 6.61 Å². The molecule has 0 aliphatic carbocycles. The van der Waals surface area contributed by atoms with E-state index in [9.17, 15) is 4.79 Å². The second-order valence-corrected chi connectivity index (χ2v) is 5.19. The molecule has 1 aliphatic heterocycles. The smallest absolute Gasteiger partial charge is 0.228 e. The number of hydrogen-bond acceptors (Lipinski definition) is 4. The number of hydrogen-bond donors (Lipinski definition) is 2. The van der Waals surface area contributed by atoms with Gasteiger partial charge in [0.1, 0.15) is 5.82 Å². The van der Waals surface area contributed by atoms with Gasteiger partial charge in [-0.1, -0.05) is 0 Å². The van der Waals surface area contributed by atoms with Gasteiger partial charge in [-0.15, -0.1) is 0 Å². The number of halogens is 1. The van der Waals surface area contributed by atoms with Gasteiger partial charge in [0.25, 0.3) is 0 Å². The second-order valence-electron chi connectivity index (χ2n) is 4.34. The summed E-state index contributed by atoms with van der Waals surface area (Å²) in [7, 11) is 0. The Hall–Kier alpha value is -1.14. The number of pyridine rings is 1. The Labute approximate surface area is 114 Å². The summed E-state index contributed by atoms with van der Waals surface area (Å²) in [6, 6.07) is 1.71. The van der Waals surface area contributed by atoms with Gasteiger partial charge >= 0.3 is 0 Å². The quantitative estimate of drug-likeness (QED) is 0.897. The van der Waals surface area contributed by atoms with Crippen molar-refractivity contribution in [2.75, 3.05) is 17.7 Å². The molecule has 2 heterocycles. The number of rotatable bonds is 3. The SMILES string of the molecule is Nc1cnc(NC(=O)CC2CCCCO2)c(Br)c1. The molecule has 1 saturated heterocycles. The van der Waals surface area contributed by atoms with E-state index in [1.54, 1.807) is 6.07 Å². The number of nitrogens with one attached hydrogen (secondary N) is 1. The Morgan fingerprint density at radius 3 is 3.11 bits per heavy atom. The van der Waals surface area contributed by atoms with E-state index >= 15 is 0 Å². The van der Waals surface area contributed by atoms with Crippen molar-refractivity contribution in [1.29, 1.82) is 0 Å². The zero-order chi connectivity index (χ0) is 13.0. The topological polar surface area (TPSA) is 77.2 Å². The zero-order valence-corrected chi connectivity index (χ0v) is 11.6. The molecule has 0 saturated carbocycles. The molecule has 18 heavy (non-hydrogen) atoms. The van der Waals surface area contributed by atoms with Crippen LogP contribution in [-0.4, -0.2) is 23.6 Å². The number of ether oxygens (including phenoxy) is 1. The van der Waals surface area contributed by atoms with Crippen molar-refractivity contribution in [3.05, 3.63) is 16.7 Å². The highest BCUT2D eigenvalue weighted by molar-refractivity contribution is 9.10. The number of nitrogen functional groups attached to an aromatic ring is 1. The minimum Gasteiger partial charge on any atom is -0.397 e. The molecule has 1 unspecified atom stereocenters. The van der Waals surface area contributed by atoms with Crippen LogP contribution in [0.15, 0.2) is 16.7 Å². The number of nitrogens with two attached hydrogens (primary N) is 1. The molecular weight excluding hydrogens is 298 g/mol. The van der Waals surface area contributed by atoms with Crippen molar-refractivity contribution in [3.63, 3.8) is 0 Å². The Kier molecular flexibility index (Phi) is 4.54. The summed E-state index contributed by atoms with van der Waals surface area (Å²) in [6.07, 6.45) is 5.08. The van der Waals surface area contributed by atoms with Gasteiger partial charge in [-0.3, -0.25) is 4.79 Å². The maximum absolute atomic E-state index is 11.8. The van der Waals surface area contributed by atoms with Crippen LogP contribution in [0.1, 0.15) is 25.7 Å². The van der Waals surface area contributed by atoms with Gasteiger partial charge < -0.3 is 15.8 Å². The summed E-state index contributed by atoms with van der Waals surface area (Å²) in [4.78, 5) is 15.9. The standard InChI is InChI=1S/C12H16BrN3O2/c13-10-5-8(14)7-15-12(10)16-11(17)6-9-3-1-2-4-18-9/h5,7,9H,1-4,6,14H2,(H,15,16,17). The second kappa shape index (κ2) is 6.15. The molecule has 2 rings (SSSR count). The third-order valence-electron chi connectivity index (χ3n) is 2.81. The van der Waals surface area contributed by atoms with Crippen molar-refractivity contribution in [1.82, 2.24) is 4.98 Å². The monoisotopic (exact) mass is 313 g/mol. The van der Waals surface area contributed by atoms with E-state index < -0.39 is 0 Å². The number of nitrogens with zero attached hydrogens (tertiary/aromatic N) is 1. The fourth-order valence-corrected chi connectivity index (χ4v) is 2.37. The van der Waals surface area contributed by atoms with Gasteiger partial charge in [-0.05, 0) is 41.3 Å². The lowest BCUT2D eigenvalue weighted by Gasteiger charge is -2.21. The van der Waals surface area contributed by atoms with Crippen LogP contribution < -0.4 is 11.1 Å². The number of aromatic nitrogens is 1. The molecule has 6 heteroatoms. The molecule has 0 radical (unpaired) electrons. The summed E-state index contributed by atoms with van der Waals surface area (Å²) < 4.78 is 6.20. The fraction of sp³-hybridized carbons (Fsp3) is 0.500. The summed E-state index contributed by atoms with van der Waals surface area (Å²) in [5, 5.41) is 2.75. The minimum atomic E-state index is -0.0835. The maximum atomic E-state index is 11.8. The van der Waals surface area contributed by atoms with Crippen LogP contribution in [0.2, 0.25) is 0 Å². The molecule has 0 bridgehead atoms. The lowest BCUT2D eigenvalue weighted by molar-refractivity contribution is -0.119. The van der Waals surface area contributed by atoms with Crippen LogP contribution in [0.4, 0.5) is 11.5 Å². The van der Waals surface area contributed by atoms with Crippen molar-refractivity contribution >= 4 is 33.3 Å². The Bertz CT molecular complexity index is 433. The summed E-state index contributed by atoms with van der Waals surface area (Å²) in [5.74, 6) is 0.407. The third-order valence-corrected chi connectivity index (χ3v) is 3.41. The first-order chi connectivity index (χ1) is 8.65. The van der Waals surface area contributed by atoms with E-state index in [-0.39, 0.29) is 12.0 Å². The van der Waals surface area contributed by atoms with E-state index in [4.69, 9.17) is 10.5 Å². The maximum Gasteiger partial charge on any atom is 0.228 e. The van der Waals surface area contributed by atoms with Crippen molar-refractivity contribution in [3.8, 4) is 0 Å². The van der Waals surface area contributed by atoms with Crippen LogP contribution in [0, 0.1) is 0 Å². The van der Waals surface area contributed by atoms with Crippen LogP contribution in [-0.2, 0) is 9.53 Å². The highest BCUT2D eigenvalue weighted by Crippen LogP contribution is 2.22. The minimum absolute atomic E-state index is 0.0336. The van der Waals surface area contributed by atoms with E-state index in [0.29, 0.717) is 22.4 Å². The number of anilines is 2. The molecule has 1 amide bonds.